The van der Waals surface area contributed by atoms with Crippen molar-refractivity contribution in [3.63, 3.8) is 0 Å². The van der Waals surface area contributed by atoms with Crippen LogP contribution in [0.2, 0.25) is 0 Å². The minimum Gasteiger partial charge on any atom is -0.493 e. The molecule has 1 aromatic heterocycles. The van der Waals surface area contributed by atoms with Crippen molar-refractivity contribution in [2.24, 2.45) is 0 Å². The molecule has 0 spiro atoms. The van der Waals surface area contributed by atoms with Crippen LogP contribution < -0.4 is 9.47 Å². The van der Waals surface area contributed by atoms with E-state index in [9.17, 15) is 0 Å². The molecular formula is C25H34N6O2. The summed E-state index contributed by atoms with van der Waals surface area (Å²) in [7, 11) is 3.32. The number of hydrogen-bond donors (Lipinski definition) is 0. The predicted molar refractivity (Wildman–Crippen MR) is 127 cm³/mol. The standard InChI is InChI=1S/C25H34N6O2/c1-25(2,3)31-24(26-27-28-31)23(20-11-12-21(32-4)22(17-20)33-5)30-15-13-29(14-16-30)18-19-9-7-6-8-10-19/h6-12,17,23H,13-16,18H2,1-5H3/t23-/m1/s1. The molecule has 1 atom stereocenters. The quantitative estimate of drug-likeness (QED) is 0.547. The van der Waals surface area contributed by atoms with Gasteiger partial charge < -0.3 is 9.47 Å². The van der Waals surface area contributed by atoms with Crippen LogP contribution in [-0.2, 0) is 12.1 Å². The van der Waals surface area contributed by atoms with Gasteiger partial charge in [0, 0.05) is 32.7 Å². The summed E-state index contributed by atoms with van der Waals surface area (Å²) in [4.78, 5) is 4.97. The molecule has 0 amide bonds. The van der Waals surface area contributed by atoms with Gasteiger partial charge in [-0.15, -0.1) is 5.10 Å². The first kappa shape index (κ1) is 23.2. The highest BCUT2D eigenvalue weighted by molar-refractivity contribution is 5.45. The van der Waals surface area contributed by atoms with Crippen LogP contribution in [0, 0.1) is 0 Å². The summed E-state index contributed by atoms with van der Waals surface area (Å²) in [6.07, 6.45) is 0. The van der Waals surface area contributed by atoms with Crippen LogP contribution >= 0.6 is 0 Å². The van der Waals surface area contributed by atoms with Gasteiger partial charge in [-0.25, -0.2) is 4.68 Å². The molecule has 1 fully saturated rings. The van der Waals surface area contributed by atoms with E-state index in [2.05, 4.69) is 82.5 Å². The lowest BCUT2D eigenvalue weighted by Gasteiger charge is -2.39. The lowest BCUT2D eigenvalue weighted by Crippen LogP contribution is -2.48. The second-order valence-electron chi connectivity index (χ2n) is 9.43. The van der Waals surface area contributed by atoms with Gasteiger partial charge in [0.2, 0.25) is 0 Å². The molecule has 8 nitrogen and oxygen atoms in total. The highest BCUT2D eigenvalue weighted by Crippen LogP contribution is 2.36. The smallest absolute Gasteiger partial charge is 0.173 e. The van der Waals surface area contributed by atoms with Gasteiger partial charge in [-0.1, -0.05) is 36.4 Å². The first-order chi connectivity index (χ1) is 15.9. The van der Waals surface area contributed by atoms with Crippen molar-refractivity contribution in [1.82, 2.24) is 30.0 Å². The third-order valence-corrected chi connectivity index (χ3v) is 6.12. The Morgan fingerprint density at radius 1 is 0.909 bits per heavy atom. The topological polar surface area (TPSA) is 68.5 Å². The fourth-order valence-electron chi connectivity index (χ4n) is 4.41. The highest BCUT2D eigenvalue weighted by atomic mass is 16.5. The van der Waals surface area contributed by atoms with E-state index in [4.69, 9.17) is 9.47 Å². The van der Waals surface area contributed by atoms with Gasteiger partial charge in [0.25, 0.3) is 0 Å². The zero-order valence-corrected chi connectivity index (χ0v) is 20.2. The molecule has 1 aliphatic heterocycles. The van der Waals surface area contributed by atoms with Crippen LogP contribution in [-0.4, -0.2) is 70.4 Å². The van der Waals surface area contributed by atoms with E-state index in [-0.39, 0.29) is 11.6 Å². The Balaban J connectivity index is 1.63. The van der Waals surface area contributed by atoms with Crippen molar-refractivity contribution in [2.45, 2.75) is 38.9 Å². The molecule has 2 aromatic carbocycles. The van der Waals surface area contributed by atoms with Crippen LogP contribution in [0.15, 0.2) is 48.5 Å². The van der Waals surface area contributed by atoms with Gasteiger partial charge in [-0.05, 0) is 54.5 Å². The molecule has 4 rings (SSSR count). The molecule has 1 aliphatic rings. The Kier molecular flexibility index (Phi) is 6.95. The summed E-state index contributed by atoms with van der Waals surface area (Å²) in [6.45, 7) is 11.1. The first-order valence-corrected chi connectivity index (χ1v) is 11.4. The number of tetrazole rings is 1. The van der Waals surface area contributed by atoms with Crippen molar-refractivity contribution in [1.29, 1.82) is 0 Å². The SMILES string of the molecule is COc1ccc([C@H](c2nnnn2C(C)(C)C)N2CCN(Cc3ccccc3)CC2)cc1OC. The highest BCUT2D eigenvalue weighted by Gasteiger charge is 2.33. The monoisotopic (exact) mass is 450 g/mol. The molecule has 1 saturated heterocycles. The second-order valence-corrected chi connectivity index (χ2v) is 9.43. The third-order valence-electron chi connectivity index (χ3n) is 6.12. The van der Waals surface area contributed by atoms with Crippen LogP contribution in [0.3, 0.4) is 0 Å². The number of nitrogens with zero attached hydrogens (tertiary/aromatic N) is 6. The van der Waals surface area contributed by atoms with E-state index >= 15 is 0 Å². The van der Waals surface area contributed by atoms with Crippen molar-refractivity contribution < 1.29 is 9.47 Å². The fourth-order valence-corrected chi connectivity index (χ4v) is 4.41. The normalized spacial score (nSPS) is 16.5. The van der Waals surface area contributed by atoms with E-state index in [0.29, 0.717) is 11.5 Å². The van der Waals surface area contributed by atoms with Crippen molar-refractivity contribution in [3.05, 3.63) is 65.5 Å². The van der Waals surface area contributed by atoms with Crippen LogP contribution in [0.4, 0.5) is 0 Å². The van der Waals surface area contributed by atoms with Crippen LogP contribution in [0.5, 0.6) is 11.5 Å². The van der Waals surface area contributed by atoms with Crippen LogP contribution in [0.1, 0.15) is 43.8 Å². The summed E-state index contributed by atoms with van der Waals surface area (Å²) >= 11 is 0. The Morgan fingerprint density at radius 2 is 1.61 bits per heavy atom. The van der Waals surface area contributed by atoms with Crippen molar-refractivity contribution in [2.75, 3.05) is 40.4 Å². The lowest BCUT2D eigenvalue weighted by atomic mass is 10.0. The molecule has 0 N–H and O–H groups in total. The van der Waals surface area contributed by atoms with Gasteiger partial charge in [-0.2, -0.15) is 0 Å². The summed E-state index contributed by atoms with van der Waals surface area (Å²) in [5.41, 5.74) is 2.20. The fraction of sp³-hybridized carbons (Fsp3) is 0.480. The Labute approximate surface area is 196 Å². The van der Waals surface area contributed by atoms with E-state index in [0.717, 1.165) is 44.1 Å². The van der Waals surface area contributed by atoms with Gasteiger partial charge in [0.1, 0.15) is 0 Å². The average Bonchev–Trinajstić information content (AvgIpc) is 3.31. The molecule has 2 heterocycles. The zero-order chi connectivity index (χ0) is 23.4. The van der Waals surface area contributed by atoms with Gasteiger partial charge >= 0.3 is 0 Å². The summed E-state index contributed by atoms with van der Waals surface area (Å²) < 4.78 is 13.0. The van der Waals surface area contributed by atoms with E-state index < -0.39 is 0 Å². The first-order valence-electron chi connectivity index (χ1n) is 11.4. The van der Waals surface area contributed by atoms with Gasteiger partial charge in [0.15, 0.2) is 17.3 Å². The minimum absolute atomic E-state index is 0.0853. The maximum atomic E-state index is 5.60. The molecule has 0 radical (unpaired) electrons. The summed E-state index contributed by atoms with van der Waals surface area (Å²) in [5, 5.41) is 12.9. The Morgan fingerprint density at radius 3 is 2.24 bits per heavy atom. The average molecular weight is 451 g/mol. The minimum atomic E-state index is -0.233. The van der Waals surface area contributed by atoms with Crippen LogP contribution in [0.25, 0.3) is 0 Å². The predicted octanol–water partition coefficient (Wildman–Crippen LogP) is 3.35. The lowest BCUT2D eigenvalue weighted by molar-refractivity contribution is 0.0978. The molecule has 0 saturated carbocycles. The van der Waals surface area contributed by atoms with E-state index in [1.807, 2.05) is 16.8 Å². The molecule has 176 valence electrons. The third kappa shape index (κ3) is 5.17. The van der Waals surface area contributed by atoms with Crippen molar-refractivity contribution >= 4 is 0 Å². The molecule has 0 unspecified atom stereocenters. The summed E-state index contributed by atoms with van der Waals surface area (Å²) in [6, 6.07) is 16.7. The zero-order valence-electron chi connectivity index (χ0n) is 20.2. The largest absolute Gasteiger partial charge is 0.493 e. The maximum Gasteiger partial charge on any atom is 0.173 e. The molecule has 8 heteroatoms. The number of rotatable bonds is 7. The number of methoxy groups -OCH3 is 2. The number of hydrogen-bond acceptors (Lipinski definition) is 7. The number of aromatic nitrogens is 4. The molecular weight excluding hydrogens is 416 g/mol. The molecule has 33 heavy (non-hydrogen) atoms. The second kappa shape index (κ2) is 9.89. The Hall–Kier alpha value is -2.97. The molecule has 0 bridgehead atoms. The maximum absolute atomic E-state index is 5.60. The van der Waals surface area contributed by atoms with Gasteiger partial charge in [-0.3, -0.25) is 9.80 Å². The number of benzene rings is 2. The molecule has 3 aromatic rings. The molecule has 0 aliphatic carbocycles. The number of ether oxygens (including phenoxy) is 2. The summed E-state index contributed by atoms with van der Waals surface area (Å²) in [5.74, 6) is 2.26. The van der Waals surface area contributed by atoms with Gasteiger partial charge in [0.05, 0.1) is 25.8 Å². The number of piperazine rings is 1. The Bertz CT molecular complexity index is 1040. The van der Waals surface area contributed by atoms with E-state index in [1.54, 1.807) is 14.2 Å². The van der Waals surface area contributed by atoms with E-state index in [1.165, 1.54) is 5.56 Å². The van der Waals surface area contributed by atoms with Crippen molar-refractivity contribution in [3.8, 4) is 11.5 Å².